The SMILES string of the molecule is CC(C)c1nnc(N2CCN(S(=O)(=O)Cc3ccc(F)cc3)CC2)o1. The summed E-state index contributed by atoms with van der Waals surface area (Å²) in [5, 5.41) is 8.03. The van der Waals surface area contributed by atoms with E-state index in [1.807, 2.05) is 18.7 Å². The molecule has 25 heavy (non-hydrogen) atoms. The third-order valence-electron chi connectivity index (χ3n) is 4.09. The molecular formula is C16H21FN4O3S. The lowest BCUT2D eigenvalue weighted by molar-refractivity contribution is 0.367. The van der Waals surface area contributed by atoms with E-state index in [0.29, 0.717) is 43.6 Å². The fraction of sp³-hybridized carbons (Fsp3) is 0.500. The molecule has 0 amide bonds. The van der Waals surface area contributed by atoms with E-state index >= 15 is 0 Å². The Hall–Kier alpha value is -2.00. The Balaban J connectivity index is 1.61. The van der Waals surface area contributed by atoms with Crippen LogP contribution in [0.2, 0.25) is 0 Å². The van der Waals surface area contributed by atoms with E-state index in [9.17, 15) is 12.8 Å². The molecule has 1 aromatic carbocycles. The lowest BCUT2D eigenvalue weighted by atomic mass is 10.2. The first-order valence-corrected chi connectivity index (χ1v) is 9.77. The maximum Gasteiger partial charge on any atom is 0.318 e. The molecule has 1 aliphatic heterocycles. The molecule has 1 saturated heterocycles. The second-order valence-electron chi connectivity index (χ2n) is 6.35. The van der Waals surface area contributed by atoms with Crippen LogP contribution in [0.1, 0.15) is 31.2 Å². The molecule has 9 heteroatoms. The second kappa shape index (κ2) is 7.09. The molecule has 0 N–H and O–H groups in total. The quantitative estimate of drug-likeness (QED) is 0.803. The molecule has 3 rings (SSSR count). The van der Waals surface area contributed by atoms with Crippen LogP contribution >= 0.6 is 0 Å². The Bertz CT molecular complexity index is 812. The van der Waals surface area contributed by atoms with Crippen LogP contribution in [-0.2, 0) is 15.8 Å². The fourth-order valence-electron chi connectivity index (χ4n) is 2.63. The number of benzene rings is 1. The van der Waals surface area contributed by atoms with Gasteiger partial charge in [0.25, 0.3) is 0 Å². The third kappa shape index (κ3) is 4.16. The first kappa shape index (κ1) is 17.8. The molecule has 2 heterocycles. The van der Waals surface area contributed by atoms with Crippen molar-refractivity contribution in [3.63, 3.8) is 0 Å². The van der Waals surface area contributed by atoms with E-state index in [-0.39, 0.29) is 17.5 Å². The summed E-state index contributed by atoms with van der Waals surface area (Å²) >= 11 is 0. The zero-order chi connectivity index (χ0) is 18.0. The van der Waals surface area contributed by atoms with E-state index < -0.39 is 10.0 Å². The van der Waals surface area contributed by atoms with Crippen molar-refractivity contribution < 1.29 is 17.2 Å². The number of piperazine rings is 1. The second-order valence-corrected chi connectivity index (χ2v) is 8.32. The highest BCUT2D eigenvalue weighted by atomic mass is 32.2. The molecule has 2 aromatic rings. The van der Waals surface area contributed by atoms with Gasteiger partial charge in [-0.25, -0.2) is 12.8 Å². The van der Waals surface area contributed by atoms with Crippen molar-refractivity contribution in [2.24, 2.45) is 0 Å². The summed E-state index contributed by atoms with van der Waals surface area (Å²) in [6.45, 7) is 5.62. The Labute approximate surface area is 146 Å². The standard InChI is InChI=1S/C16H21FN4O3S/c1-12(2)15-18-19-16(24-15)20-7-9-21(10-8-20)25(22,23)11-13-3-5-14(17)6-4-13/h3-6,12H,7-11H2,1-2H3. The molecule has 1 fully saturated rings. The number of nitrogens with zero attached hydrogens (tertiary/aromatic N) is 4. The van der Waals surface area contributed by atoms with Gasteiger partial charge in [-0.15, -0.1) is 5.10 Å². The maximum atomic E-state index is 12.9. The molecule has 0 unspecified atom stereocenters. The van der Waals surface area contributed by atoms with Crippen molar-refractivity contribution in [3.05, 3.63) is 41.5 Å². The van der Waals surface area contributed by atoms with E-state index in [4.69, 9.17) is 4.42 Å². The van der Waals surface area contributed by atoms with Gasteiger partial charge in [-0.2, -0.15) is 4.31 Å². The van der Waals surface area contributed by atoms with Gasteiger partial charge in [0.05, 0.1) is 5.75 Å². The van der Waals surface area contributed by atoms with Gasteiger partial charge in [0.1, 0.15) is 5.82 Å². The van der Waals surface area contributed by atoms with Crippen molar-refractivity contribution in [3.8, 4) is 0 Å². The predicted molar refractivity (Wildman–Crippen MR) is 91.2 cm³/mol. The van der Waals surface area contributed by atoms with Gasteiger partial charge < -0.3 is 9.32 Å². The summed E-state index contributed by atoms with van der Waals surface area (Å²) < 4.78 is 45.1. The van der Waals surface area contributed by atoms with Crippen molar-refractivity contribution in [1.82, 2.24) is 14.5 Å². The number of hydrogen-bond donors (Lipinski definition) is 0. The summed E-state index contributed by atoms with van der Waals surface area (Å²) in [6.07, 6.45) is 0. The van der Waals surface area contributed by atoms with Crippen LogP contribution in [0.3, 0.4) is 0 Å². The number of aromatic nitrogens is 2. The molecule has 0 radical (unpaired) electrons. The lowest BCUT2D eigenvalue weighted by Gasteiger charge is -2.32. The topological polar surface area (TPSA) is 79.5 Å². The Kier molecular flexibility index (Phi) is 5.05. The third-order valence-corrected chi connectivity index (χ3v) is 5.94. The van der Waals surface area contributed by atoms with Crippen LogP contribution in [0, 0.1) is 5.82 Å². The smallest absolute Gasteiger partial charge is 0.318 e. The largest absolute Gasteiger partial charge is 0.408 e. The van der Waals surface area contributed by atoms with Crippen molar-refractivity contribution in [2.45, 2.75) is 25.5 Å². The van der Waals surface area contributed by atoms with E-state index in [0.717, 1.165) is 0 Å². The minimum Gasteiger partial charge on any atom is -0.408 e. The van der Waals surface area contributed by atoms with Gasteiger partial charge in [-0.3, -0.25) is 0 Å². The van der Waals surface area contributed by atoms with Crippen LogP contribution in [-0.4, -0.2) is 49.1 Å². The average molecular weight is 368 g/mol. The van der Waals surface area contributed by atoms with Gasteiger partial charge in [-0.1, -0.05) is 31.1 Å². The molecule has 0 atom stereocenters. The predicted octanol–water partition coefficient (Wildman–Crippen LogP) is 1.98. The number of halogens is 1. The number of rotatable bonds is 5. The zero-order valence-corrected chi connectivity index (χ0v) is 15.0. The highest BCUT2D eigenvalue weighted by molar-refractivity contribution is 7.88. The first-order chi connectivity index (χ1) is 11.8. The number of anilines is 1. The van der Waals surface area contributed by atoms with Crippen LogP contribution < -0.4 is 4.90 Å². The summed E-state index contributed by atoms with van der Waals surface area (Å²) in [6, 6.07) is 5.96. The van der Waals surface area contributed by atoms with Crippen molar-refractivity contribution in [1.29, 1.82) is 0 Å². The highest BCUT2D eigenvalue weighted by Gasteiger charge is 2.29. The molecule has 0 saturated carbocycles. The summed E-state index contributed by atoms with van der Waals surface area (Å²) in [5.74, 6) is 0.209. The monoisotopic (exact) mass is 368 g/mol. The van der Waals surface area contributed by atoms with E-state index in [1.165, 1.54) is 28.6 Å². The van der Waals surface area contributed by atoms with Gasteiger partial charge in [0.2, 0.25) is 15.9 Å². The Morgan fingerprint density at radius 3 is 2.32 bits per heavy atom. The summed E-state index contributed by atoms with van der Waals surface area (Å²) in [5.41, 5.74) is 0.572. The van der Waals surface area contributed by atoms with Gasteiger partial charge >= 0.3 is 6.01 Å². The molecular weight excluding hydrogens is 347 g/mol. The molecule has 0 spiro atoms. The van der Waals surface area contributed by atoms with Crippen LogP contribution in [0.4, 0.5) is 10.4 Å². The minimum atomic E-state index is -3.45. The average Bonchev–Trinajstić information content (AvgIpc) is 3.07. The van der Waals surface area contributed by atoms with Gasteiger partial charge in [0, 0.05) is 32.1 Å². The van der Waals surface area contributed by atoms with Gasteiger partial charge in [0.15, 0.2) is 0 Å². The molecule has 7 nitrogen and oxygen atoms in total. The summed E-state index contributed by atoms with van der Waals surface area (Å²) in [4.78, 5) is 1.89. The molecule has 0 aliphatic carbocycles. The van der Waals surface area contributed by atoms with Crippen LogP contribution in [0.25, 0.3) is 0 Å². The van der Waals surface area contributed by atoms with Gasteiger partial charge in [-0.05, 0) is 17.7 Å². The van der Waals surface area contributed by atoms with Crippen molar-refractivity contribution in [2.75, 3.05) is 31.1 Å². The van der Waals surface area contributed by atoms with Crippen LogP contribution in [0.15, 0.2) is 28.7 Å². The van der Waals surface area contributed by atoms with Crippen LogP contribution in [0.5, 0.6) is 0 Å². The number of hydrogen-bond acceptors (Lipinski definition) is 6. The first-order valence-electron chi connectivity index (χ1n) is 8.16. The van der Waals surface area contributed by atoms with Crippen molar-refractivity contribution >= 4 is 16.0 Å². The van der Waals surface area contributed by atoms with E-state index in [1.54, 1.807) is 0 Å². The summed E-state index contributed by atoms with van der Waals surface area (Å²) in [7, 11) is -3.45. The molecule has 0 bridgehead atoms. The molecule has 136 valence electrons. The zero-order valence-electron chi connectivity index (χ0n) is 14.2. The molecule has 1 aliphatic rings. The minimum absolute atomic E-state index is 0.134. The van der Waals surface area contributed by atoms with E-state index in [2.05, 4.69) is 10.2 Å². The normalized spacial score (nSPS) is 16.6. The maximum absolute atomic E-state index is 12.9. The molecule has 1 aromatic heterocycles. The Morgan fingerprint density at radius 2 is 1.76 bits per heavy atom. The number of sulfonamides is 1. The lowest BCUT2D eigenvalue weighted by Crippen LogP contribution is -2.49. The Morgan fingerprint density at radius 1 is 1.12 bits per heavy atom. The highest BCUT2D eigenvalue weighted by Crippen LogP contribution is 2.21. The fourth-order valence-corrected chi connectivity index (χ4v) is 4.14.